The Morgan fingerprint density at radius 3 is 2.29 bits per heavy atom. The summed E-state index contributed by atoms with van der Waals surface area (Å²) < 4.78 is 18.2. The summed E-state index contributed by atoms with van der Waals surface area (Å²) in [6.07, 6.45) is 0.889. The number of hydrogen-bond donors (Lipinski definition) is 0. The van der Waals surface area contributed by atoms with Crippen LogP contribution >= 0.6 is 23.2 Å². The van der Waals surface area contributed by atoms with Gasteiger partial charge >= 0.3 is 0 Å². The molecule has 0 saturated carbocycles. The van der Waals surface area contributed by atoms with Crippen molar-refractivity contribution in [2.75, 3.05) is 6.61 Å². The van der Waals surface area contributed by atoms with Crippen LogP contribution in [0.5, 0.6) is 5.75 Å². The molecule has 2 aromatic rings. The molecule has 0 radical (unpaired) electrons. The normalized spacial score (nSPS) is 10.4. The molecule has 2 nitrogen and oxygen atoms in total. The zero-order chi connectivity index (χ0) is 15.2. The van der Waals surface area contributed by atoms with E-state index in [-0.39, 0.29) is 11.6 Å². The van der Waals surface area contributed by atoms with Gasteiger partial charge in [-0.05, 0) is 48.9 Å². The summed E-state index contributed by atoms with van der Waals surface area (Å²) in [4.78, 5) is 11.9. The van der Waals surface area contributed by atoms with E-state index in [2.05, 4.69) is 0 Å². The number of rotatable bonds is 6. The number of halogens is 3. The number of ketones is 1. The molecule has 0 N–H and O–H groups in total. The molecule has 0 aliphatic heterocycles. The van der Waals surface area contributed by atoms with Gasteiger partial charge in [-0.25, -0.2) is 4.39 Å². The first-order valence-corrected chi connectivity index (χ1v) is 7.18. The van der Waals surface area contributed by atoms with E-state index in [1.165, 1.54) is 24.3 Å². The van der Waals surface area contributed by atoms with Crippen LogP contribution in [0.25, 0.3) is 0 Å². The molecule has 0 heterocycles. The zero-order valence-corrected chi connectivity index (χ0v) is 12.6. The Kier molecular flexibility index (Phi) is 5.59. The van der Waals surface area contributed by atoms with Crippen molar-refractivity contribution in [1.29, 1.82) is 0 Å². The molecule has 21 heavy (non-hydrogen) atoms. The summed E-state index contributed by atoms with van der Waals surface area (Å²) in [6, 6.07) is 10.5. The van der Waals surface area contributed by atoms with Gasteiger partial charge in [0.2, 0.25) is 0 Å². The molecule has 110 valence electrons. The fourth-order valence-electron chi connectivity index (χ4n) is 1.81. The van der Waals surface area contributed by atoms with Crippen molar-refractivity contribution in [3.05, 3.63) is 63.9 Å². The van der Waals surface area contributed by atoms with Gasteiger partial charge in [-0.2, -0.15) is 0 Å². The highest BCUT2D eigenvalue weighted by Gasteiger charge is 2.06. The molecule has 0 amide bonds. The van der Waals surface area contributed by atoms with Crippen LogP contribution in [0.1, 0.15) is 23.2 Å². The van der Waals surface area contributed by atoms with Crippen molar-refractivity contribution < 1.29 is 13.9 Å². The Balaban J connectivity index is 1.79. The number of hydrogen-bond acceptors (Lipinski definition) is 2. The lowest BCUT2D eigenvalue weighted by atomic mass is 10.1. The molecule has 0 fully saturated rings. The molecule has 0 saturated heterocycles. The summed E-state index contributed by atoms with van der Waals surface area (Å²) in [5, 5.41) is 1.000. The first-order chi connectivity index (χ1) is 10.0. The molecule has 2 aromatic carbocycles. The third-order valence-electron chi connectivity index (χ3n) is 2.82. The predicted octanol–water partition coefficient (Wildman–Crippen LogP) is 5.17. The zero-order valence-electron chi connectivity index (χ0n) is 11.1. The molecule has 0 aliphatic carbocycles. The van der Waals surface area contributed by atoms with Crippen LogP contribution in [-0.2, 0) is 0 Å². The Bertz CT molecular complexity index is 606. The minimum atomic E-state index is -0.354. The van der Waals surface area contributed by atoms with Crippen LogP contribution < -0.4 is 4.74 Å². The van der Waals surface area contributed by atoms with Gasteiger partial charge in [0.05, 0.1) is 6.61 Å². The van der Waals surface area contributed by atoms with E-state index in [9.17, 15) is 9.18 Å². The Morgan fingerprint density at radius 2 is 1.67 bits per heavy atom. The van der Waals surface area contributed by atoms with Gasteiger partial charge in [0.1, 0.15) is 11.6 Å². The summed E-state index contributed by atoms with van der Waals surface area (Å²) in [7, 11) is 0. The smallest absolute Gasteiger partial charge is 0.163 e. The van der Waals surface area contributed by atoms with Gasteiger partial charge in [0.25, 0.3) is 0 Å². The second-order valence-electron chi connectivity index (χ2n) is 4.49. The van der Waals surface area contributed by atoms with Gasteiger partial charge in [-0.3, -0.25) is 4.79 Å². The summed E-state index contributed by atoms with van der Waals surface area (Å²) in [5.41, 5.74) is 0.502. The monoisotopic (exact) mass is 326 g/mol. The van der Waals surface area contributed by atoms with E-state index >= 15 is 0 Å². The molecule has 0 atom stereocenters. The maximum absolute atomic E-state index is 12.8. The SMILES string of the molecule is O=C(CCCOc1cc(Cl)cc(Cl)c1)c1ccc(F)cc1. The van der Waals surface area contributed by atoms with Crippen LogP contribution in [0.3, 0.4) is 0 Å². The quantitative estimate of drug-likeness (QED) is 0.540. The average molecular weight is 327 g/mol. The fraction of sp³-hybridized carbons (Fsp3) is 0.188. The molecule has 0 aliphatic rings. The summed E-state index contributed by atoms with van der Waals surface area (Å²) >= 11 is 11.7. The predicted molar refractivity (Wildman–Crippen MR) is 81.9 cm³/mol. The maximum atomic E-state index is 12.8. The van der Waals surface area contributed by atoms with E-state index in [1.807, 2.05) is 0 Å². The number of benzene rings is 2. The molecule has 5 heteroatoms. The van der Waals surface area contributed by atoms with Gasteiger partial charge < -0.3 is 4.74 Å². The lowest BCUT2D eigenvalue weighted by Crippen LogP contribution is -2.04. The van der Waals surface area contributed by atoms with Gasteiger partial charge in [-0.15, -0.1) is 0 Å². The second kappa shape index (κ2) is 7.43. The van der Waals surface area contributed by atoms with Crippen molar-refractivity contribution in [3.8, 4) is 5.75 Å². The van der Waals surface area contributed by atoms with Gasteiger partial charge in [0.15, 0.2) is 5.78 Å². The third kappa shape index (κ3) is 5.03. The molecular weight excluding hydrogens is 314 g/mol. The lowest BCUT2D eigenvalue weighted by molar-refractivity contribution is 0.0973. The number of ether oxygens (including phenoxy) is 1. The standard InChI is InChI=1S/C16H13Cl2FO2/c17-12-8-13(18)10-15(9-12)21-7-1-2-16(20)11-3-5-14(19)6-4-11/h3-6,8-10H,1-2,7H2. The average Bonchev–Trinajstić information content (AvgIpc) is 2.43. The summed E-state index contributed by atoms with van der Waals surface area (Å²) in [6.45, 7) is 0.379. The summed E-state index contributed by atoms with van der Waals surface area (Å²) in [5.74, 6) is 0.178. The van der Waals surface area contributed by atoms with Crippen LogP contribution in [0, 0.1) is 5.82 Å². The maximum Gasteiger partial charge on any atom is 0.163 e. The van der Waals surface area contributed by atoms with Crippen LogP contribution in [-0.4, -0.2) is 12.4 Å². The van der Waals surface area contributed by atoms with Crippen LogP contribution in [0.2, 0.25) is 10.0 Å². The van der Waals surface area contributed by atoms with E-state index < -0.39 is 0 Å². The topological polar surface area (TPSA) is 26.3 Å². The molecule has 0 unspecified atom stereocenters. The fourth-order valence-corrected chi connectivity index (χ4v) is 2.32. The van der Waals surface area contributed by atoms with E-state index in [4.69, 9.17) is 27.9 Å². The van der Waals surface area contributed by atoms with Crippen molar-refractivity contribution in [2.24, 2.45) is 0 Å². The second-order valence-corrected chi connectivity index (χ2v) is 5.36. The number of carbonyl (C=O) groups excluding carboxylic acids is 1. The first-order valence-electron chi connectivity index (χ1n) is 6.42. The van der Waals surface area contributed by atoms with E-state index in [0.29, 0.717) is 40.8 Å². The van der Waals surface area contributed by atoms with Crippen molar-refractivity contribution in [1.82, 2.24) is 0 Å². The lowest BCUT2D eigenvalue weighted by Gasteiger charge is -2.07. The number of carbonyl (C=O) groups is 1. The Hall–Kier alpha value is -1.58. The third-order valence-corrected chi connectivity index (χ3v) is 3.26. The molecular formula is C16H13Cl2FO2. The Morgan fingerprint density at radius 1 is 1.05 bits per heavy atom. The highest BCUT2D eigenvalue weighted by Crippen LogP contribution is 2.24. The highest BCUT2D eigenvalue weighted by atomic mass is 35.5. The largest absolute Gasteiger partial charge is 0.493 e. The van der Waals surface area contributed by atoms with Crippen molar-refractivity contribution in [2.45, 2.75) is 12.8 Å². The van der Waals surface area contributed by atoms with Gasteiger partial charge in [0, 0.05) is 22.0 Å². The molecule has 0 bridgehead atoms. The number of Topliss-reactive ketones (excluding diaryl/α,β-unsaturated/α-hetero) is 1. The minimum Gasteiger partial charge on any atom is -0.493 e. The Labute approximate surface area is 132 Å². The first kappa shape index (κ1) is 15.8. The van der Waals surface area contributed by atoms with Crippen LogP contribution in [0.4, 0.5) is 4.39 Å². The van der Waals surface area contributed by atoms with Crippen molar-refractivity contribution >= 4 is 29.0 Å². The molecule has 0 spiro atoms. The molecule has 2 rings (SSSR count). The highest BCUT2D eigenvalue weighted by molar-refractivity contribution is 6.34. The minimum absolute atomic E-state index is 0.0391. The van der Waals surface area contributed by atoms with Crippen molar-refractivity contribution in [3.63, 3.8) is 0 Å². The molecule has 0 aromatic heterocycles. The van der Waals surface area contributed by atoms with E-state index in [0.717, 1.165) is 0 Å². The van der Waals surface area contributed by atoms with Crippen LogP contribution in [0.15, 0.2) is 42.5 Å². The van der Waals surface area contributed by atoms with Gasteiger partial charge in [-0.1, -0.05) is 23.2 Å². The van der Waals surface area contributed by atoms with E-state index in [1.54, 1.807) is 18.2 Å².